The van der Waals surface area contributed by atoms with Gasteiger partial charge in [-0.2, -0.15) is 17.6 Å². The maximum atomic E-state index is 13.3. The van der Waals surface area contributed by atoms with Crippen LogP contribution in [0.15, 0.2) is 30.3 Å². The number of rotatable bonds is 18. The van der Waals surface area contributed by atoms with Gasteiger partial charge in [0.15, 0.2) is 11.6 Å². The molecule has 1 saturated heterocycles. The van der Waals surface area contributed by atoms with E-state index in [4.69, 9.17) is 4.74 Å². The molecular weight excluding hydrogens is 566 g/mol. The zero-order chi connectivity index (χ0) is 30.7. The second-order valence-corrected chi connectivity index (χ2v) is 10.7. The number of amides is 2. The SMILES string of the molecule is CC1(C(=O)[C@H](Cc2ccccc2)NC(=O)[C@H](COC(F)F)CC(=O)[C@H](COC(F)F)NC(=O)CN2CCOCC2)CC1. The third-order valence-electron chi connectivity index (χ3n) is 7.34. The Hall–Kier alpha value is -2.94. The van der Waals surface area contributed by atoms with Gasteiger partial charge in [-0.1, -0.05) is 37.3 Å². The van der Waals surface area contributed by atoms with Crippen LogP contribution in [0.5, 0.6) is 0 Å². The summed E-state index contributed by atoms with van der Waals surface area (Å²) >= 11 is 0. The summed E-state index contributed by atoms with van der Waals surface area (Å²) in [4.78, 5) is 54.0. The number of morpholine rings is 1. The standard InChI is InChI=1S/C28H37F4N3O7/c1-28(7-8-28)24(38)20(13-18-5-3-2-4-6-18)34-25(39)19(16-41-26(29)30)14-22(36)21(17-42-27(31)32)33-23(37)15-35-9-11-40-12-10-35/h2-6,19-21,26-27H,7-17H2,1H3,(H,33,37)(H,34,39)/t19-,20-,21-/m0/s1. The van der Waals surface area contributed by atoms with Crippen molar-refractivity contribution in [3.8, 4) is 0 Å². The van der Waals surface area contributed by atoms with E-state index in [-0.39, 0.29) is 18.7 Å². The molecule has 1 heterocycles. The summed E-state index contributed by atoms with van der Waals surface area (Å²) in [5.74, 6) is -4.17. The summed E-state index contributed by atoms with van der Waals surface area (Å²) in [6.45, 7) is -4.94. The maximum Gasteiger partial charge on any atom is 0.345 e. The monoisotopic (exact) mass is 603 g/mol. The number of nitrogens with zero attached hydrogens (tertiary/aromatic N) is 1. The van der Waals surface area contributed by atoms with E-state index in [1.54, 1.807) is 42.2 Å². The minimum absolute atomic E-state index is 0.137. The van der Waals surface area contributed by atoms with Crippen molar-refractivity contribution in [2.45, 2.75) is 57.9 Å². The van der Waals surface area contributed by atoms with Crippen LogP contribution in [0.3, 0.4) is 0 Å². The molecule has 14 heteroatoms. The number of ether oxygens (including phenoxy) is 3. The molecule has 10 nitrogen and oxygen atoms in total. The molecule has 0 aromatic heterocycles. The summed E-state index contributed by atoms with van der Waals surface area (Å²) in [6.07, 6.45) is 0.676. The Morgan fingerprint density at radius 1 is 0.929 bits per heavy atom. The average Bonchev–Trinajstić information content (AvgIpc) is 3.71. The van der Waals surface area contributed by atoms with Gasteiger partial charge in [0.25, 0.3) is 0 Å². The molecule has 2 fully saturated rings. The van der Waals surface area contributed by atoms with Gasteiger partial charge in [0.1, 0.15) is 6.04 Å². The van der Waals surface area contributed by atoms with Crippen LogP contribution < -0.4 is 10.6 Å². The predicted octanol–water partition coefficient (Wildman–Crippen LogP) is 1.95. The van der Waals surface area contributed by atoms with Crippen molar-refractivity contribution in [3.05, 3.63) is 35.9 Å². The second kappa shape index (κ2) is 16.1. The van der Waals surface area contributed by atoms with Crippen molar-refractivity contribution in [1.82, 2.24) is 15.5 Å². The lowest BCUT2D eigenvalue weighted by Crippen LogP contribution is -2.51. The summed E-state index contributed by atoms with van der Waals surface area (Å²) < 4.78 is 65.3. The first kappa shape index (κ1) is 33.6. The summed E-state index contributed by atoms with van der Waals surface area (Å²) in [5, 5.41) is 4.95. The molecular formula is C28H37F4N3O7. The van der Waals surface area contributed by atoms with E-state index >= 15 is 0 Å². The van der Waals surface area contributed by atoms with Crippen molar-refractivity contribution >= 4 is 23.4 Å². The Morgan fingerprint density at radius 3 is 2.14 bits per heavy atom. The second-order valence-electron chi connectivity index (χ2n) is 10.7. The van der Waals surface area contributed by atoms with Crippen molar-refractivity contribution < 1.29 is 51.0 Å². The first-order valence-corrected chi connectivity index (χ1v) is 13.8. The van der Waals surface area contributed by atoms with Gasteiger partial charge >= 0.3 is 13.2 Å². The Bertz CT molecular complexity index is 1050. The van der Waals surface area contributed by atoms with E-state index in [1.165, 1.54) is 0 Å². The molecule has 0 radical (unpaired) electrons. The fourth-order valence-corrected chi connectivity index (χ4v) is 4.59. The van der Waals surface area contributed by atoms with E-state index in [0.29, 0.717) is 39.1 Å². The number of hydrogen-bond acceptors (Lipinski definition) is 8. The zero-order valence-electron chi connectivity index (χ0n) is 23.4. The lowest BCUT2D eigenvalue weighted by molar-refractivity contribution is -0.155. The van der Waals surface area contributed by atoms with Gasteiger partial charge < -0.3 is 24.8 Å². The van der Waals surface area contributed by atoms with Crippen molar-refractivity contribution in [3.63, 3.8) is 0 Å². The zero-order valence-corrected chi connectivity index (χ0v) is 23.4. The molecule has 2 N–H and O–H groups in total. The van der Waals surface area contributed by atoms with E-state index in [2.05, 4.69) is 20.1 Å². The molecule has 0 bridgehead atoms. The highest BCUT2D eigenvalue weighted by atomic mass is 19.3. The number of halogens is 4. The minimum atomic E-state index is -3.26. The van der Waals surface area contributed by atoms with Crippen molar-refractivity contribution in [2.75, 3.05) is 46.1 Å². The molecule has 2 aliphatic rings. The van der Waals surface area contributed by atoms with Gasteiger partial charge in [0.05, 0.1) is 44.9 Å². The maximum absolute atomic E-state index is 13.3. The third kappa shape index (κ3) is 11.0. The summed E-state index contributed by atoms with van der Waals surface area (Å²) in [7, 11) is 0. The van der Waals surface area contributed by atoms with Gasteiger partial charge in [-0.3, -0.25) is 24.1 Å². The van der Waals surface area contributed by atoms with Crippen LogP contribution >= 0.6 is 0 Å². The number of alkyl halides is 4. The summed E-state index contributed by atoms with van der Waals surface area (Å²) in [6, 6.07) is 6.29. The average molecular weight is 604 g/mol. The number of ketones is 2. The summed E-state index contributed by atoms with van der Waals surface area (Å²) in [5.41, 5.74) is 0.129. The molecule has 1 aromatic carbocycles. The molecule has 42 heavy (non-hydrogen) atoms. The first-order valence-electron chi connectivity index (χ1n) is 13.8. The fraction of sp³-hybridized carbons (Fsp3) is 0.643. The molecule has 1 aromatic rings. The molecule has 0 spiro atoms. The smallest absolute Gasteiger partial charge is 0.345 e. The van der Waals surface area contributed by atoms with Gasteiger partial charge in [-0.25, -0.2) is 0 Å². The molecule has 2 amide bonds. The van der Waals surface area contributed by atoms with Crippen LogP contribution in [-0.2, 0) is 39.8 Å². The number of hydrogen-bond donors (Lipinski definition) is 2. The lowest BCUT2D eigenvalue weighted by atomic mass is 9.91. The Labute approximate surface area is 241 Å². The third-order valence-corrected chi connectivity index (χ3v) is 7.34. The van der Waals surface area contributed by atoms with Crippen LogP contribution in [0.4, 0.5) is 17.6 Å². The predicted molar refractivity (Wildman–Crippen MR) is 141 cm³/mol. The quantitative estimate of drug-likeness (QED) is 0.244. The number of Topliss-reactive ketones (excluding diaryl/α,β-unsaturated/α-hetero) is 2. The number of carbonyl (C=O) groups is 4. The van der Waals surface area contributed by atoms with E-state index in [1.807, 2.05) is 0 Å². The minimum Gasteiger partial charge on any atom is -0.379 e. The highest BCUT2D eigenvalue weighted by molar-refractivity contribution is 5.97. The number of benzene rings is 1. The Balaban J connectivity index is 1.72. The fourth-order valence-electron chi connectivity index (χ4n) is 4.59. The van der Waals surface area contributed by atoms with E-state index in [0.717, 1.165) is 5.56 Å². The normalized spacial score (nSPS) is 18.7. The van der Waals surface area contributed by atoms with Crippen LogP contribution in [0.2, 0.25) is 0 Å². The molecule has 234 valence electrons. The van der Waals surface area contributed by atoms with Crippen LogP contribution in [0.1, 0.15) is 31.7 Å². The molecule has 3 rings (SSSR count). The number of carbonyl (C=O) groups excluding carboxylic acids is 4. The first-order chi connectivity index (χ1) is 20.0. The Kier molecular flexibility index (Phi) is 12.8. The molecule has 1 aliphatic heterocycles. The largest absolute Gasteiger partial charge is 0.379 e. The highest BCUT2D eigenvalue weighted by Crippen LogP contribution is 2.46. The van der Waals surface area contributed by atoms with E-state index in [9.17, 15) is 36.7 Å². The van der Waals surface area contributed by atoms with Gasteiger partial charge in [0, 0.05) is 24.9 Å². The van der Waals surface area contributed by atoms with Gasteiger partial charge in [-0.15, -0.1) is 0 Å². The number of nitrogens with one attached hydrogen (secondary N) is 2. The molecule has 1 saturated carbocycles. The molecule has 1 aliphatic carbocycles. The topological polar surface area (TPSA) is 123 Å². The van der Waals surface area contributed by atoms with Gasteiger partial charge in [-0.05, 0) is 24.8 Å². The van der Waals surface area contributed by atoms with Crippen molar-refractivity contribution in [1.29, 1.82) is 0 Å². The van der Waals surface area contributed by atoms with Crippen LogP contribution in [0.25, 0.3) is 0 Å². The molecule has 3 atom stereocenters. The van der Waals surface area contributed by atoms with E-state index < -0.39 is 73.9 Å². The van der Waals surface area contributed by atoms with Crippen LogP contribution in [0, 0.1) is 11.3 Å². The van der Waals surface area contributed by atoms with Gasteiger partial charge in [0.2, 0.25) is 11.8 Å². The lowest BCUT2D eigenvalue weighted by Gasteiger charge is -2.27. The molecule has 0 unspecified atom stereocenters. The highest BCUT2D eigenvalue weighted by Gasteiger charge is 2.48. The van der Waals surface area contributed by atoms with Crippen LogP contribution in [-0.4, -0.2) is 99.6 Å². The Morgan fingerprint density at radius 2 is 1.55 bits per heavy atom. The van der Waals surface area contributed by atoms with Crippen molar-refractivity contribution in [2.24, 2.45) is 11.3 Å².